The molecule has 2 amide bonds. The quantitative estimate of drug-likeness (QED) is 0.778. The molecule has 6 heteroatoms. The zero-order chi connectivity index (χ0) is 19.0. The van der Waals surface area contributed by atoms with Crippen molar-refractivity contribution in [1.82, 2.24) is 4.90 Å². The first kappa shape index (κ1) is 18.4. The van der Waals surface area contributed by atoms with E-state index in [9.17, 15) is 14.4 Å². The summed E-state index contributed by atoms with van der Waals surface area (Å²) in [6.45, 7) is 6.33. The topological polar surface area (TPSA) is 66.9 Å². The van der Waals surface area contributed by atoms with Crippen LogP contribution in [0.2, 0.25) is 0 Å². The summed E-state index contributed by atoms with van der Waals surface area (Å²) in [6.07, 6.45) is 0.771. The Morgan fingerprint density at radius 1 is 1.23 bits per heavy atom. The van der Waals surface area contributed by atoms with Crippen molar-refractivity contribution in [3.8, 4) is 0 Å². The number of esters is 1. The van der Waals surface area contributed by atoms with Gasteiger partial charge in [-0.1, -0.05) is 18.2 Å². The van der Waals surface area contributed by atoms with Gasteiger partial charge in [-0.3, -0.25) is 14.4 Å². The number of rotatable bonds is 3. The number of carbonyl (C=O) groups excluding carboxylic acids is 3. The average molecular weight is 358 g/mol. The third-order valence-electron chi connectivity index (χ3n) is 5.44. The second-order valence-corrected chi connectivity index (χ2v) is 7.47. The zero-order valence-corrected chi connectivity index (χ0v) is 15.8. The molecule has 0 bridgehead atoms. The van der Waals surface area contributed by atoms with Crippen LogP contribution in [0.1, 0.15) is 45.1 Å². The number of methoxy groups -OCH3 is 1. The lowest BCUT2D eigenvalue weighted by molar-refractivity contribution is -0.143. The van der Waals surface area contributed by atoms with Gasteiger partial charge in [0.15, 0.2) is 0 Å². The molecule has 1 fully saturated rings. The molecule has 0 spiro atoms. The van der Waals surface area contributed by atoms with Gasteiger partial charge < -0.3 is 14.5 Å². The van der Waals surface area contributed by atoms with Gasteiger partial charge in [-0.15, -0.1) is 0 Å². The van der Waals surface area contributed by atoms with Crippen LogP contribution in [0, 0.1) is 5.92 Å². The Balaban J connectivity index is 1.91. The summed E-state index contributed by atoms with van der Waals surface area (Å²) in [6, 6.07) is 7.44. The highest BCUT2D eigenvalue weighted by atomic mass is 16.5. The smallest absolute Gasteiger partial charge is 0.313 e. The first-order valence-electron chi connectivity index (χ1n) is 9.14. The van der Waals surface area contributed by atoms with Crippen molar-refractivity contribution in [2.24, 2.45) is 5.92 Å². The van der Waals surface area contributed by atoms with Crippen molar-refractivity contribution in [2.75, 3.05) is 18.6 Å². The maximum absolute atomic E-state index is 13.3. The van der Waals surface area contributed by atoms with E-state index in [4.69, 9.17) is 4.74 Å². The van der Waals surface area contributed by atoms with Crippen molar-refractivity contribution in [3.05, 3.63) is 29.8 Å². The first-order chi connectivity index (χ1) is 12.3. The number of benzene rings is 1. The summed E-state index contributed by atoms with van der Waals surface area (Å²) in [5, 5.41) is 0. The van der Waals surface area contributed by atoms with Crippen LogP contribution in [0.15, 0.2) is 24.3 Å². The SMILES string of the molecule is COC(=O)C1CC(C)N(C(=O)C2CC(=O)N(C(C)C)C2)c2ccccc21. The number of para-hydroxylation sites is 1. The number of fused-ring (bicyclic) bond motifs is 1. The van der Waals surface area contributed by atoms with E-state index in [-0.39, 0.29) is 48.1 Å². The molecule has 0 saturated carbocycles. The maximum atomic E-state index is 13.3. The number of ether oxygens (including phenoxy) is 1. The zero-order valence-electron chi connectivity index (χ0n) is 15.8. The van der Waals surface area contributed by atoms with Crippen molar-refractivity contribution in [1.29, 1.82) is 0 Å². The summed E-state index contributed by atoms with van der Waals surface area (Å²) >= 11 is 0. The van der Waals surface area contributed by atoms with Gasteiger partial charge >= 0.3 is 5.97 Å². The predicted molar refractivity (Wildman–Crippen MR) is 97.7 cm³/mol. The van der Waals surface area contributed by atoms with Gasteiger partial charge in [0.25, 0.3) is 0 Å². The number of likely N-dealkylation sites (tertiary alicyclic amines) is 1. The molecule has 0 aromatic heterocycles. The number of hydrogen-bond donors (Lipinski definition) is 0. The first-order valence-corrected chi connectivity index (χ1v) is 9.14. The van der Waals surface area contributed by atoms with Crippen LogP contribution in [0.5, 0.6) is 0 Å². The summed E-state index contributed by atoms with van der Waals surface area (Å²) in [7, 11) is 1.39. The highest BCUT2D eigenvalue weighted by Gasteiger charge is 2.43. The monoisotopic (exact) mass is 358 g/mol. The van der Waals surface area contributed by atoms with Gasteiger partial charge in [-0.2, -0.15) is 0 Å². The van der Waals surface area contributed by atoms with E-state index in [1.807, 2.05) is 45.0 Å². The Bertz CT molecular complexity index is 730. The lowest BCUT2D eigenvalue weighted by Crippen LogP contribution is -2.47. The summed E-state index contributed by atoms with van der Waals surface area (Å²) in [5.41, 5.74) is 1.57. The number of nitrogens with zero attached hydrogens (tertiary/aromatic N) is 2. The van der Waals surface area contributed by atoms with Crippen LogP contribution in [0.3, 0.4) is 0 Å². The van der Waals surface area contributed by atoms with Crippen molar-refractivity contribution in [3.63, 3.8) is 0 Å². The predicted octanol–water partition coefficient (Wildman–Crippen LogP) is 2.33. The highest BCUT2D eigenvalue weighted by Crippen LogP contribution is 2.40. The second kappa shape index (κ2) is 7.09. The van der Waals surface area contributed by atoms with Gasteiger partial charge in [-0.05, 0) is 38.8 Å². The van der Waals surface area contributed by atoms with E-state index in [0.717, 1.165) is 11.3 Å². The van der Waals surface area contributed by atoms with E-state index >= 15 is 0 Å². The second-order valence-electron chi connectivity index (χ2n) is 7.47. The third-order valence-corrected chi connectivity index (χ3v) is 5.44. The van der Waals surface area contributed by atoms with Gasteiger partial charge in [0.05, 0.1) is 18.9 Å². The Hall–Kier alpha value is -2.37. The summed E-state index contributed by atoms with van der Waals surface area (Å²) in [4.78, 5) is 41.2. The minimum Gasteiger partial charge on any atom is -0.469 e. The van der Waals surface area contributed by atoms with Crippen molar-refractivity contribution >= 4 is 23.5 Å². The van der Waals surface area contributed by atoms with Crippen molar-refractivity contribution < 1.29 is 19.1 Å². The summed E-state index contributed by atoms with van der Waals surface area (Å²) < 4.78 is 4.95. The van der Waals surface area contributed by atoms with Crippen LogP contribution in [0.4, 0.5) is 5.69 Å². The van der Waals surface area contributed by atoms with Crippen LogP contribution >= 0.6 is 0 Å². The van der Waals surface area contributed by atoms with E-state index in [2.05, 4.69) is 0 Å². The molecule has 3 rings (SSSR count). The van der Waals surface area contributed by atoms with Gasteiger partial charge in [0.1, 0.15) is 0 Å². The van der Waals surface area contributed by atoms with Crippen molar-refractivity contribution in [2.45, 2.75) is 51.6 Å². The van der Waals surface area contributed by atoms with Gasteiger partial charge in [-0.25, -0.2) is 0 Å². The Labute approximate surface area is 154 Å². The normalized spacial score (nSPS) is 25.4. The number of hydrogen-bond acceptors (Lipinski definition) is 4. The molecule has 1 aromatic carbocycles. The fourth-order valence-electron chi connectivity index (χ4n) is 4.11. The number of amides is 2. The molecular weight excluding hydrogens is 332 g/mol. The molecule has 26 heavy (non-hydrogen) atoms. The molecule has 2 aliphatic heterocycles. The molecule has 140 valence electrons. The molecule has 2 heterocycles. The van der Waals surface area contributed by atoms with E-state index in [1.54, 1.807) is 9.80 Å². The van der Waals surface area contributed by atoms with Crippen LogP contribution in [0.25, 0.3) is 0 Å². The van der Waals surface area contributed by atoms with Crippen LogP contribution in [-0.2, 0) is 19.1 Å². The molecule has 1 saturated heterocycles. The lowest BCUT2D eigenvalue weighted by Gasteiger charge is -2.39. The molecule has 1 aromatic rings. The van der Waals surface area contributed by atoms with E-state index in [1.165, 1.54) is 7.11 Å². The standard InChI is InChI=1S/C20H26N2O4/c1-12(2)21-11-14(10-18(21)23)19(24)22-13(3)9-16(20(25)26-4)15-7-5-6-8-17(15)22/h5-8,12-14,16H,9-11H2,1-4H3. The van der Waals surface area contributed by atoms with Gasteiger partial charge in [0, 0.05) is 30.7 Å². The fourth-order valence-corrected chi connectivity index (χ4v) is 4.11. The van der Waals surface area contributed by atoms with Crippen LogP contribution in [-0.4, -0.2) is 48.4 Å². The molecule has 2 aliphatic rings. The molecule has 0 N–H and O–H groups in total. The van der Waals surface area contributed by atoms with E-state index in [0.29, 0.717) is 13.0 Å². The summed E-state index contributed by atoms with van der Waals surface area (Å²) in [5.74, 6) is -0.991. The fraction of sp³-hybridized carbons (Fsp3) is 0.550. The maximum Gasteiger partial charge on any atom is 0.313 e. The molecule has 3 unspecified atom stereocenters. The Kier molecular flexibility index (Phi) is 5.03. The highest BCUT2D eigenvalue weighted by molar-refractivity contribution is 6.01. The number of carbonyl (C=O) groups is 3. The Morgan fingerprint density at radius 2 is 1.92 bits per heavy atom. The minimum atomic E-state index is -0.368. The molecule has 0 aliphatic carbocycles. The van der Waals surface area contributed by atoms with Crippen LogP contribution < -0.4 is 4.90 Å². The molecule has 6 nitrogen and oxygen atoms in total. The molecular formula is C20H26N2O4. The Morgan fingerprint density at radius 3 is 2.54 bits per heavy atom. The minimum absolute atomic E-state index is 0.0312. The average Bonchev–Trinajstić information content (AvgIpc) is 3.02. The third kappa shape index (κ3) is 3.08. The molecule has 3 atom stereocenters. The molecule has 0 radical (unpaired) electrons. The number of anilines is 1. The van der Waals surface area contributed by atoms with Gasteiger partial charge in [0.2, 0.25) is 11.8 Å². The van der Waals surface area contributed by atoms with E-state index < -0.39 is 0 Å². The lowest BCUT2D eigenvalue weighted by atomic mass is 9.85. The largest absolute Gasteiger partial charge is 0.469 e.